The van der Waals surface area contributed by atoms with Crippen LogP contribution in [0.15, 0.2) is 65.6 Å². The first-order valence-electron chi connectivity index (χ1n) is 14.0. The highest BCUT2D eigenvalue weighted by Gasteiger charge is 2.35. The molecule has 3 rings (SSSR count). The van der Waals surface area contributed by atoms with Crippen molar-refractivity contribution in [3.8, 4) is 5.75 Å². The Hall–Kier alpha value is -4.16. The third-order valence-electron chi connectivity index (χ3n) is 7.30. The van der Waals surface area contributed by atoms with E-state index >= 15 is 0 Å². The summed E-state index contributed by atoms with van der Waals surface area (Å²) in [6.45, 7) is 8.01. The summed E-state index contributed by atoms with van der Waals surface area (Å²) in [6, 6.07) is 14.1. The number of ether oxygens (including phenoxy) is 1. The van der Waals surface area contributed by atoms with Crippen LogP contribution in [0.25, 0.3) is 0 Å². The van der Waals surface area contributed by atoms with Gasteiger partial charge in [0, 0.05) is 29.2 Å². The van der Waals surface area contributed by atoms with Gasteiger partial charge < -0.3 is 15.0 Å². The van der Waals surface area contributed by atoms with Gasteiger partial charge in [0.25, 0.3) is 15.7 Å². The quantitative estimate of drug-likeness (QED) is 0.194. The number of carbonyl (C=O) groups excluding carboxylic acids is 2. The summed E-state index contributed by atoms with van der Waals surface area (Å²) < 4.78 is 34.6. The number of benzene rings is 3. The Morgan fingerprint density at radius 1 is 1.05 bits per heavy atom. The van der Waals surface area contributed by atoms with Gasteiger partial charge in [-0.2, -0.15) is 0 Å². The molecule has 0 saturated carbocycles. The Bertz CT molecular complexity index is 1630. The van der Waals surface area contributed by atoms with Crippen LogP contribution in [0.1, 0.15) is 43.9 Å². The van der Waals surface area contributed by atoms with Crippen LogP contribution in [0.5, 0.6) is 5.75 Å². The lowest BCUT2D eigenvalue weighted by Gasteiger charge is -2.33. The molecule has 0 heterocycles. The summed E-state index contributed by atoms with van der Waals surface area (Å²) in [4.78, 5) is 39.2. The zero-order valence-electron chi connectivity index (χ0n) is 25.5. The standard InChI is InChI=1S/C31H37ClN4O7S/c1-7-22(4)33-31(38)23(5)34(18-24-11-8-20(2)9-12-24)30(37)19-35(28-16-25(32)13-15-29(28)43-6)44(41,42)26-14-10-21(3)27(17-26)36(39)40/h8-17,22-23H,7,18-19H2,1-6H3,(H,33,38)/t22-,23-/m0/s1. The van der Waals surface area contributed by atoms with E-state index in [1.54, 1.807) is 6.92 Å². The van der Waals surface area contributed by atoms with Gasteiger partial charge in [-0.15, -0.1) is 0 Å². The van der Waals surface area contributed by atoms with Gasteiger partial charge in [0.15, 0.2) is 0 Å². The van der Waals surface area contributed by atoms with Gasteiger partial charge in [0.05, 0.1) is 22.6 Å². The second kappa shape index (κ2) is 14.5. The summed E-state index contributed by atoms with van der Waals surface area (Å²) in [5, 5.41) is 14.7. The van der Waals surface area contributed by atoms with Crippen LogP contribution in [0, 0.1) is 24.0 Å². The first kappa shape index (κ1) is 34.3. The highest BCUT2D eigenvalue weighted by atomic mass is 35.5. The van der Waals surface area contributed by atoms with Crippen molar-refractivity contribution in [2.45, 2.75) is 64.6 Å². The number of sulfonamides is 1. The zero-order chi connectivity index (χ0) is 32.8. The van der Waals surface area contributed by atoms with E-state index in [1.165, 1.54) is 49.3 Å². The SMILES string of the molecule is CC[C@H](C)NC(=O)[C@H](C)N(Cc1ccc(C)cc1)C(=O)CN(c1cc(Cl)ccc1OC)S(=O)(=O)c1ccc(C)c([N+](=O)[O-])c1. The molecular formula is C31H37ClN4O7S. The topological polar surface area (TPSA) is 139 Å². The van der Waals surface area contributed by atoms with Crippen molar-refractivity contribution in [2.24, 2.45) is 0 Å². The number of hydrogen-bond acceptors (Lipinski definition) is 7. The molecule has 13 heteroatoms. The summed E-state index contributed by atoms with van der Waals surface area (Å²) in [5.41, 5.74) is 1.56. The maximum atomic E-state index is 14.2. The van der Waals surface area contributed by atoms with Crippen LogP contribution in [0.4, 0.5) is 11.4 Å². The van der Waals surface area contributed by atoms with E-state index in [0.29, 0.717) is 6.42 Å². The first-order chi connectivity index (χ1) is 20.7. The zero-order valence-corrected chi connectivity index (χ0v) is 27.1. The summed E-state index contributed by atoms with van der Waals surface area (Å²) >= 11 is 6.26. The van der Waals surface area contributed by atoms with Gasteiger partial charge in [-0.25, -0.2) is 8.42 Å². The maximum Gasteiger partial charge on any atom is 0.273 e. The molecule has 0 aliphatic heterocycles. The Labute approximate surface area is 263 Å². The molecule has 3 aromatic rings. The lowest BCUT2D eigenvalue weighted by atomic mass is 10.1. The summed E-state index contributed by atoms with van der Waals surface area (Å²) in [5.74, 6) is -0.992. The van der Waals surface area contributed by atoms with Crippen LogP contribution in [0.3, 0.4) is 0 Å². The summed E-state index contributed by atoms with van der Waals surface area (Å²) in [7, 11) is -3.28. The van der Waals surface area contributed by atoms with Gasteiger partial charge in [-0.05, 0) is 63.9 Å². The molecule has 0 radical (unpaired) electrons. The Morgan fingerprint density at radius 3 is 2.30 bits per heavy atom. The molecule has 1 N–H and O–H groups in total. The van der Waals surface area contributed by atoms with Gasteiger partial charge in [-0.3, -0.25) is 24.0 Å². The number of nitrogens with zero attached hydrogens (tertiary/aromatic N) is 3. The second-order valence-corrected chi connectivity index (χ2v) is 12.8. The molecule has 0 spiro atoms. The van der Waals surface area contributed by atoms with Crippen LogP contribution < -0.4 is 14.4 Å². The maximum absolute atomic E-state index is 14.2. The highest BCUT2D eigenvalue weighted by molar-refractivity contribution is 7.92. The van der Waals surface area contributed by atoms with Gasteiger partial charge in [-0.1, -0.05) is 54.4 Å². The second-order valence-electron chi connectivity index (χ2n) is 10.5. The number of methoxy groups -OCH3 is 1. The molecule has 236 valence electrons. The van der Waals surface area contributed by atoms with Gasteiger partial charge >= 0.3 is 0 Å². The molecule has 0 fully saturated rings. The fraction of sp³-hybridized carbons (Fsp3) is 0.355. The van der Waals surface area contributed by atoms with E-state index in [-0.39, 0.29) is 34.6 Å². The Morgan fingerprint density at radius 2 is 1.70 bits per heavy atom. The first-order valence-corrected chi connectivity index (χ1v) is 15.8. The lowest BCUT2D eigenvalue weighted by Crippen LogP contribution is -2.52. The predicted octanol–water partition coefficient (Wildman–Crippen LogP) is 5.40. The number of aryl methyl sites for hydroxylation is 2. The lowest BCUT2D eigenvalue weighted by molar-refractivity contribution is -0.385. The van der Waals surface area contributed by atoms with Crippen molar-refractivity contribution in [3.63, 3.8) is 0 Å². The number of rotatable bonds is 13. The Kier molecular flexibility index (Phi) is 11.3. The molecule has 0 aromatic heterocycles. The van der Waals surface area contributed by atoms with Crippen LogP contribution in [-0.2, 0) is 26.2 Å². The van der Waals surface area contributed by atoms with Crippen molar-refractivity contribution < 1.29 is 27.7 Å². The summed E-state index contributed by atoms with van der Waals surface area (Å²) in [6.07, 6.45) is 0.674. The average molecular weight is 645 g/mol. The number of amides is 2. The van der Waals surface area contributed by atoms with Crippen molar-refractivity contribution in [2.75, 3.05) is 18.0 Å². The predicted molar refractivity (Wildman–Crippen MR) is 169 cm³/mol. The minimum Gasteiger partial charge on any atom is -0.495 e. The van der Waals surface area contributed by atoms with Crippen molar-refractivity contribution >= 4 is 44.8 Å². The molecule has 2 atom stereocenters. The van der Waals surface area contributed by atoms with Gasteiger partial charge in [0.2, 0.25) is 11.8 Å². The third kappa shape index (κ3) is 8.06. The van der Waals surface area contributed by atoms with E-state index in [1.807, 2.05) is 45.0 Å². The number of halogens is 1. The van der Waals surface area contributed by atoms with Crippen molar-refractivity contribution in [1.29, 1.82) is 0 Å². The minimum atomic E-state index is -4.61. The smallest absolute Gasteiger partial charge is 0.273 e. The van der Waals surface area contributed by atoms with E-state index < -0.39 is 49.9 Å². The molecular weight excluding hydrogens is 608 g/mol. The molecule has 2 amide bonds. The van der Waals surface area contributed by atoms with Crippen LogP contribution in [0.2, 0.25) is 5.02 Å². The highest BCUT2D eigenvalue weighted by Crippen LogP contribution is 2.36. The molecule has 11 nitrogen and oxygen atoms in total. The largest absolute Gasteiger partial charge is 0.495 e. The monoisotopic (exact) mass is 644 g/mol. The number of anilines is 1. The normalized spacial score (nSPS) is 12.6. The molecule has 3 aromatic carbocycles. The third-order valence-corrected chi connectivity index (χ3v) is 9.29. The fourth-order valence-corrected chi connectivity index (χ4v) is 5.99. The molecule has 0 bridgehead atoms. The van der Waals surface area contributed by atoms with E-state index in [2.05, 4.69) is 5.32 Å². The van der Waals surface area contributed by atoms with Crippen molar-refractivity contribution in [1.82, 2.24) is 10.2 Å². The molecule has 0 saturated heterocycles. The number of nitrogens with one attached hydrogen (secondary N) is 1. The molecule has 0 unspecified atom stereocenters. The fourth-order valence-electron chi connectivity index (χ4n) is 4.38. The van der Waals surface area contributed by atoms with Crippen LogP contribution in [-0.4, -0.2) is 55.8 Å². The molecule has 0 aliphatic carbocycles. The number of nitro groups is 1. The van der Waals surface area contributed by atoms with E-state index in [4.69, 9.17) is 16.3 Å². The van der Waals surface area contributed by atoms with Crippen LogP contribution >= 0.6 is 11.6 Å². The average Bonchev–Trinajstić information content (AvgIpc) is 2.98. The number of nitro benzene ring substituents is 1. The molecule has 44 heavy (non-hydrogen) atoms. The molecule has 0 aliphatic rings. The van der Waals surface area contributed by atoms with Crippen molar-refractivity contribution in [3.05, 3.63) is 92.5 Å². The Balaban J connectivity index is 2.15. The number of hydrogen-bond donors (Lipinski definition) is 1. The minimum absolute atomic E-state index is 0.0186. The van der Waals surface area contributed by atoms with Gasteiger partial charge in [0.1, 0.15) is 18.3 Å². The number of carbonyl (C=O) groups is 2. The van der Waals surface area contributed by atoms with E-state index in [0.717, 1.165) is 21.5 Å². The van der Waals surface area contributed by atoms with E-state index in [9.17, 15) is 28.1 Å².